The Balaban J connectivity index is 2.12. The van der Waals surface area contributed by atoms with Crippen molar-refractivity contribution < 1.29 is 8.42 Å². The van der Waals surface area contributed by atoms with Crippen LogP contribution in [0.3, 0.4) is 0 Å². The maximum Gasteiger partial charge on any atom is 0.238 e. The number of nitrogens with zero attached hydrogens (tertiary/aromatic N) is 1. The van der Waals surface area contributed by atoms with E-state index in [9.17, 15) is 8.42 Å². The van der Waals surface area contributed by atoms with Crippen LogP contribution in [-0.4, -0.2) is 22.0 Å². The molecule has 0 fully saturated rings. The van der Waals surface area contributed by atoms with E-state index in [1.54, 1.807) is 17.4 Å². The molecule has 2 aromatic rings. The number of benzene rings is 1. The van der Waals surface area contributed by atoms with E-state index in [-0.39, 0.29) is 4.90 Å². The number of nitrogen functional groups attached to an aromatic ring is 1. The summed E-state index contributed by atoms with van der Waals surface area (Å²) in [5, 5.41) is 7.13. The summed E-state index contributed by atoms with van der Waals surface area (Å²) in [6.45, 7) is 0.805. The molecule has 2 rings (SSSR count). The van der Waals surface area contributed by atoms with Crippen molar-refractivity contribution in [1.29, 1.82) is 0 Å². The summed E-state index contributed by atoms with van der Waals surface area (Å²) >= 11 is 1.72. The third-order valence-electron chi connectivity index (χ3n) is 3.01. The Morgan fingerprint density at radius 2 is 2.05 bits per heavy atom. The molecule has 7 heteroatoms. The number of hydrogen-bond acceptors (Lipinski definition) is 5. The quantitative estimate of drug-likeness (QED) is 0.822. The third-order valence-corrected chi connectivity index (χ3v) is 4.86. The molecule has 0 atom stereocenters. The Labute approximate surface area is 122 Å². The largest absolute Gasteiger partial charge is 0.397 e. The van der Waals surface area contributed by atoms with E-state index < -0.39 is 10.0 Å². The van der Waals surface area contributed by atoms with Gasteiger partial charge in [-0.3, -0.25) is 0 Å². The minimum Gasteiger partial charge on any atom is -0.397 e. The van der Waals surface area contributed by atoms with Crippen LogP contribution in [0.25, 0.3) is 0 Å². The molecule has 1 aromatic heterocycles. The summed E-state index contributed by atoms with van der Waals surface area (Å²) in [6.07, 6.45) is 0.921. The summed E-state index contributed by atoms with van der Waals surface area (Å²) in [4.78, 5) is 3.34. The van der Waals surface area contributed by atoms with Crippen LogP contribution in [0, 0.1) is 0 Å². The Morgan fingerprint density at radius 3 is 2.60 bits per heavy atom. The van der Waals surface area contributed by atoms with Crippen molar-refractivity contribution in [2.24, 2.45) is 5.14 Å². The lowest BCUT2D eigenvalue weighted by Crippen LogP contribution is -2.21. The third kappa shape index (κ3) is 3.50. The van der Waals surface area contributed by atoms with Crippen LogP contribution in [-0.2, 0) is 16.4 Å². The minimum atomic E-state index is -3.71. The zero-order valence-corrected chi connectivity index (χ0v) is 12.7. The van der Waals surface area contributed by atoms with E-state index in [0.717, 1.165) is 18.7 Å². The van der Waals surface area contributed by atoms with E-state index in [4.69, 9.17) is 10.9 Å². The molecule has 0 unspecified atom stereocenters. The lowest BCUT2D eigenvalue weighted by Gasteiger charge is -2.21. The average Bonchev–Trinajstić information content (AvgIpc) is 2.87. The zero-order valence-electron chi connectivity index (χ0n) is 11.1. The normalized spacial score (nSPS) is 11.5. The fraction of sp³-hybridized carbons (Fsp3) is 0.231. The fourth-order valence-electron chi connectivity index (χ4n) is 1.91. The molecule has 0 aliphatic carbocycles. The first kappa shape index (κ1) is 14.8. The van der Waals surface area contributed by atoms with Gasteiger partial charge in [0, 0.05) is 18.5 Å². The Morgan fingerprint density at radius 1 is 1.30 bits per heavy atom. The van der Waals surface area contributed by atoms with Gasteiger partial charge in [0.05, 0.1) is 16.3 Å². The molecular formula is C13H17N3O2S2. The number of sulfonamides is 1. The van der Waals surface area contributed by atoms with Crippen LogP contribution in [0.5, 0.6) is 0 Å². The smallest absolute Gasteiger partial charge is 0.238 e. The van der Waals surface area contributed by atoms with E-state index >= 15 is 0 Å². The molecule has 108 valence electrons. The van der Waals surface area contributed by atoms with Gasteiger partial charge in [-0.1, -0.05) is 6.07 Å². The van der Waals surface area contributed by atoms with Crippen LogP contribution in [0.1, 0.15) is 4.88 Å². The monoisotopic (exact) mass is 311 g/mol. The maximum atomic E-state index is 11.3. The van der Waals surface area contributed by atoms with Crippen molar-refractivity contribution in [3.8, 4) is 0 Å². The fourth-order valence-corrected chi connectivity index (χ4v) is 3.16. The average molecular weight is 311 g/mol. The molecule has 0 aliphatic rings. The van der Waals surface area contributed by atoms with Crippen molar-refractivity contribution >= 4 is 32.7 Å². The van der Waals surface area contributed by atoms with E-state index in [0.29, 0.717) is 5.69 Å². The molecule has 0 radical (unpaired) electrons. The van der Waals surface area contributed by atoms with Crippen molar-refractivity contribution in [3.63, 3.8) is 0 Å². The van der Waals surface area contributed by atoms with E-state index in [1.165, 1.54) is 17.0 Å². The molecule has 1 heterocycles. The summed E-state index contributed by atoms with van der Waals surface area (Å²) in [5.74, 6) is 0. The molecular weight excluding hydrogens is 294 g/mol. The van der Waals surface area contributed by atoms with Crippen molar-refractivity contribution in [3.05, 3.63) is 40.6 Å². The summed E-state index contributed by atoms with van der Waals surface area (Å²) in [5.41, 5.74) is 7.12. The number of primary sulfonamides is 1. The van der Waals surface area contributed by atoms with Crippen molar-refractivity contribution in [2.75, 3.05) is 24.2 Å². The van der Waals surface area contributed by atoms with Gasteiger partial charge in [-0.05, 0) is 36.1 Å². The second kappa shape index (κ2) is 5.82. The highest BCUT2D eigenvalue weighted by atomic mass is 32.2. The second-order valence-corrected chi connectivity index (χ2v) is 7.11. The predicted octanol–water partition coefficient (Wildman–Crippen LogP) is 1.66. The summed E-state index contributed by atoms with van der Waals surface area (Å²) in [7, 11) is -1.79. The molecule has 0 aliphatic heterocycles. The van der Waals surface area contributed by atoms with Gasteiger partial charge in [-0.25, -0.2) is 13.6 Å². The number of thiophene rings is 1. The molecule has 0 amide bonds. The number of anilines is 2. The summed E-state index contributed by atoms with van der Waals surface area (Å²) < 4.78 is 22.5. The van der Waals surface area contributed by atoms with Gasteiger partial charge in [-0.15, -0.1) is 11.3 Å². The lowest BCUT2D eigenvalue weighted by molar-refractivity contribution is 0.598. The number of rotatable bonds is 5. The van der Waals surface area contributed by atoms with Crippen LogP contribution >= 0.6 is 11.3 Å². The van der Waals surface area contributed by atoms with Gasteiger partial charge in [0.1, 0.15) is 0 Å². The maximum absolute atomic E-state index is 11.3. The Kier molecular flexibility index (Phi) is 4.32. The van der Waals surface area contributed by atoms with Crippen LogP contribution in [0.4, 0.5) is 11.4 Å². The molecule has 0 bridgehead atoms. The molecule has 1 aromatic carbocycles. The first-order valence-electron chi connectivity index (χ1n) is 6.04. The molecule has 5 nitrogen and oxygen atoms in total. The zero-order chi connectivity index (χ0) is 14.8. The molecule has 20 heavy (non-hydrogen) atoms. The van der Waals surface area contributed by atoms with Crippen molar-refractivity contribution in [1.82, 2.24) is 0 Å². The van der Waals surface area contributed by atoms with Gasteiger partial charge in [0.2, 0.25) is 10.0 Å². The molecule has 4 N–H and O–H groups in total. The van der Waals surface area contributed by atoms with Crippen molar-refractivity contribution in [2.45, 2.75) is 11.3 Å². The van der Waals surface area contributed by atoms with E-state index in [2.05, 4.69) is 6.07 Å². The standard InChI is InChI=1S/C13H17N3O2S2/c1-16(7-6-10-3-2-8-19-10)13-5-4-11(9-12(13)14)20(15,17)18/h2-5,8-9H,6-7,14H2,1H3,(H2,15,17,18). The van der Waals surface area contributed by atoms with Gasteiger partial charge >= 0.3 is 0 Å². The second-order valence-electron chi connectivity index (χ2n) is 4.52. The molecule has 0 spiro atoms. The van der Waals surface area contributed by atoms with Gasteiger partial charge in [-0.2, -0.15) is 0 Å². The minimum absolute atomic E-state index is 0.0328. The highest BCUT2D eigenvalue weighted by Gasteiger charge is 2.12. The van der Waals surface area contributed by atoms with Gasteiger partial charge in [0.15, 0.2) is 0 Å². The van der Waals surface area contributed by atoms with Gasteiger partial charge < -0.3 is 10.6 Å². The summed E-state index contributed by atoms with van der Waals surface area (Å²) in [6, 6.07) is 8.67. The Bertz CT molecular complexity index is 682. The van der Waals surface area contributed by atoms with Crippen LogP contribution < -0.4 is 15.8 Å². The highest BCUT2D eigenvalue weighted by molar-refractivity contribution is 7.89. The predicted molar refractivity (Wildman–Crippen MR) is 83.5 cm³/mol. The Hall–Kier alpha value is -1.57. The highest BCUT2D eigenvalue weighted by Crippen LogP contribution is 2.25. The number of likely N-dealkylation sites (N-methyl/N-ethyl adjacent to an activating group) is 1. The van der Waals surface area contributed by atoms with Crippen LogP contribution in [0.15, 0.2) is 40.6 Å². The first-order chi connectivity index (χ1) is 9.38. The SMILES string of the molecule is CN(CCc1cccs1)c1ccc(S(N)(=O)=O)cc1N. The van der Waals surface area contributed by atoms with Crippen LogP contribution in [0.2, 0.25) is 0 Å². The number of hydrogen-bond donors (Lipinski definition) is 2. The van der Waals surface area contributed by atoms with E-state index in [1.807, 2.05) is 23.4 Å². The topological polar surface area (TPSA) is 89.4 Å². The van der Waals surface area contributed by atoms with Gasteiger partial charge in [0.25, 0.3) is 0 Å². The molecule has 0 saturated heterocycles. The lowest BCUT2D eigenvalue weighted by atomic mass is 10.2. The first-order valence-corrected chi connectivity index (χ1v) is 8.46. The number of nitrogens with two attached hydrogens (primary N) is 2. The molecule has 0 saturated carbocycles.